The summed E-state index contributed by atoms with van der Waals surface area (Å²) < 4.78 is 6.26. The number of hydrogen-bond donors (Lipinski definition) is 0. The standard InChI is InChI=1S/C26H20N4O3/c1-3-33-26(32)20-14-27-24-22-19(17-11-9-16(2)10-12-17)13-21(18-7-5-4-6-8-18)29-23(22)28-15-30(24)25(20)31/h4-15H,3H2,1-2H3. The third-order valence-electron chi connectivity index (χ3n) is 5.44. The van der Waals surface area contributed by atoms with E-state index in [1.807, 2.05) is 67.6 Å². The predicted octanol–water partition coefficient (Wildman–Crippen LogP) is 4.46. The van der Waals surface area contributed by atoms with E-state index in [9.17, 15) is 9.59 Å². The van der Waals surface area contributed by atoms with Crippen molar-refractivity contribution in [2.45, 2.75) is 13.8 Å². The zero-order chi connectivity index (χ0) is 22.9. The summed E-state index contributed by atoms with van der Waals surface area (Å²) in [6.45, 7) is 3.88. The van der Waals surface area contributed by atoms with Gasteiger partial charge in [0, 0.05) is 11.8 Å². The molecular formula is C26H20N4O3. The van der Waals surface area contributed by atoms with Gasteiger partial charge < -0.3 is 4.74 Å². The highest BCUT2D eigenvalue weighted by atomic mass is 16.5. The molecule has 2 aromatic carbocycles. The van der Waals surface area contributed by atoms with Crippen molar-refractivity contribution < 1.29 is 9.53 Å². The quantitative estimate of drug-likeness (QED) is 0.305. The summed E-state index contributed by atoms with van der Waals surface area (Å²) in [5.41, 5.74) is 4.82. The van der Waals surface area contributed by atoms with Gasteiger partial charge in [-0.25, -0.2) is 24.1 Å². The van der Waals surface area contributed by atoms with E-state index in [2.05, 4.69) is 9.97 Å². The van der Waals surface area contributed by atoms with E-state index >= 15 is 0 Å². The van der Waals surface area contributed by atoms with E-state index in [-0.39, 0.29) is 12.2 Å². The highest BCUT2D eigenvalue weighted by molar-refractivity contribution is 6.03. The summed E-state index contributed by atoms with van der Waals surface area (Å²) in [6.07, 6.45) is 2.62. The van der Waals surface area contributed by atoms with E-state index in [1.54, 1.807) is 6.92 Å². The molecule has 0 radical (unpaired) electrons. The van der Waals surface area contributed by atoms with Crippen molar-refractivity contribution in [1.82, 2.24) is 19.4 Å². The summed E-state index contributed by atoms with van der Waals surface area (Å²) in [7, 11) is 0. The number of pyridine rings is 1. The van der Waals surface area contributed by atoms with Gasteiger partial charge in [0.15, 0.2) is 11.3 Å². The van der Waals surface area contributed by atoms with Crippen LogP contribution in [-0.4, -0.2) is 31.9 Å². The summed E-state index contributed by atoms with van der Waals surface area (Å²) in [6, 6.07) is 19.9. The molecule has 0 saturated heterocycles. The molecule has 0 amide bonds. The van der Waals surface area contributed by atoms with Gasteiger partial charge in [0.2, 0.25) is 0 Å². The first-order valence-corrected chi connectivity index (χ1v) is 10.6. The van der Waals surface area contributed by atoms with Gasteiger partial charge >= 0.3 is 5.97 Å². The van der Waals surface area contributed by atoms with Crippen LogP contribution in [0.15, 0.2) is 78.0 Å². The minimum absolute atomic E-state index is 0.138. The molecule has 0 fully saturated rings. The summed E-state index contributed by atoms with van der Waals surface area (Å²) in [4.78, 5) is 38.9. The third-order valence-corrected chi connectivity index (χ3v) is 5.44. The lowest BCUT2D eigenvalue weighted by atomic mass is 9.99. The van der Waals surface area contributed by atoms with Gasteiger partial charge in [0.25, 0.3) is 5.56 Å². The lowest BCUT2D eigenvalue weighted by Crippen LogP contribution is -2.24. The van der Waals surface area contributed by atoms with E-state index in [0.717, 1.165) is 27.9 Å². The number of aromatic nitrogens is 4. The number of esters is 1. The first kappa shape index (κ1) is 20.5. The zero-order valence-corrected chi connectivity index (χ0v) is 18.1. The maximum absolute atomic E-state index is 13.0. The Morgan fingerprint density at radius 1 is 1.00 bits per heavy atom. The fraction of sp³-hybridized carbons (Fsp3) is 0.115. The van der Waals surface area contributed by atoms with Crippen LogP contribution in [0.4, 0.5) is 0 Å². The molecule has 7 heteroatoms. The Balaban J connectivity index is 1.84. The molecule has 0 unspecified atom stereocenters. The summed E-state index contributed by atoms with van der Waals surface area (Å²) in [5.74, 6) is -0.708. The van der Waals surface area contributed by atoms with Crippen molar-refractivity contribution in [2.24, 2.45) is 0 Å². The maximum atomic E-state index is 13.0. The highest BCUT2D eigenvalue weighted by Crippen LogP contribution is 2.33. The van der Waals surface area contributed by atoms with Gasteiger partial charge in [-0.3, -0.25) is 4.79 Å². The van der Waals surface area contributed by atoms with E-state index in [4.69, 9.17) is 9.72 Å². The van der Waals surface area contributed by atoms with Crippen LogP contribution in [0.3, 0.4) is 0 Å². The van der Waals surface area contributed by atoms with Gasteiger partial charge in [-0.2, -0.15) is 0 Å². The summed E-state index contributed by atoms with van der Waals surface area (Å²) >= 11 is 0. The molecule has 5 rings (SSSR count). The molecule has 0 N–H and O–H groups in total. The number of carbonyl (C=O) groups is 1. The first-order chi connectivity index (χ1) is 16.1. The molecule has 0 spiro atoms. The Morgan fingerprint density at radius 2 is 1.76 bits per heavy atom. The van der Waals surface area contributed by atoms with E-state index in [1.165, 1.54) is 16.9 Å². The molecule has 0 bridgehead atoms. The van der Waals surface area contributed by atoms with Crippen molar-refractivity contribution in [1.29, 1.82) is 0 Å². The van der Waals surface area contributed by atoms with Crippen molar-refractivity contribution in [2.75, 3.05) is 6.61 Å². The number of ether oxygens (including phenoxy) is 1. The molecule has 5 aromatic rings. The topological polar surface area (TPSA) is 86.4 Å². The maximum Gasteiger partial charge on any atom is 0.345 e. The van der Waals surface area contributed by atoms with Gasteiger partial charge in [0.1, 0.15) is 11.9 Å². The molecule has 0 aliphatic carbocycles. The number of fused-ring (bicyclic) bond motifs is 3. The van der Waals surface area contributed by atoms with Gasteiger partial charge in [-0.05, 0) is 31.0 Å². The summed E-state index contributed by atoms with van der Waals surface area (Å²) in [5, 5.41) is 0.633. The molecule has 33 heavy (non-hydrogen) atoms. The van der Waals surface area contributed by atoms with Crippen LogP contribution in [0.2, 0.25) is 0 Å². The average molecular weight is 436 g/mol. The van der Waals surface area contributed by atoms with Crippen LogP contribution in [-0.2, 0) is 4.74 Å². The minimum Gasteiger partial charge on any atom is -0.462 e. The number of nitrogens with zero attached hydrogens (tertiary/aromatic N) is 4. The molecule has 162 valence electrons. The van der Waals surface area contributed by atoms with Crippen LogP contribution >= 0.6 is 0 Å². The Kier molecular flexibility index (Phi) is 5.14. The Bertz CT molecular complexity index is 1560. The molecule has 0 atom stereocenters. The van der Waals surface area contributed by atoms with Crippen LogP contribution < -0.4 is 5.56 Å². The largest absolute Gasteiger partial charge is 0.462 e. The fourth-order valence-electron chi connectivity index (χ4n) is 3.79. The Morgan fingerprint density at radius 3 is 2.48 bits per heavy atom. The normalized spacial score (nSPS) is 11.1. The SMILES string of the molecule is CCOC(=O)c1cnc2c3c(-c4ccc(C)cc4)cc(-c4ccccc4)nc3ncn2c1=O. The van der Waals surface area contributed by atoms with E-state index < -0.39 is 11.5 Å². The Labute approximate surface area is 189 Å². The number of rotatable bonds is 4. The van der Waals surface area contributed by atoms with Crippen molar-refractivity contribution in [3.05, 3.63) is 94.7 Å². The van der Waals surface area contributed by atoms with Crippen molar-refractivity contribution in [3.63, 3.8) is 0 Å². The van der Waals surface area contributed by atoms with Crippen molar-refractivity contribution in [3.8, 4) is 22.4 Å². The predicted molar refractivity (Wildman–Crippen MR) is 126 cm³/mol. The highest BCUT2D eigenvalue weighted by Gasteiger charge is 2.19. The van der Waals surface area contributed by atoms with Gasteiger partial charge in [-0.15, -0.1) is 0 Å². The second-order valence-electron chi connectivity index (χ2n) is 7.62. The van der Waals surface area contributed by atoms with Gasteiger partial charge in [-0.1, -0.05) is 60.2 Å². The molecule has 0 saturated carbocycles. The second-order valence-corrected chi connectivity index (χ2v) is 7.62. The number of benzene rings is 2. The molecule has 0 aliphatic heterocycles. The van der Waals surface area contributed by atoms with Crippen LogP contribution in [0, 0.1) is 6.92 Å². The molecule has 3 heterocycles. The monoisotopic (exact) mass is 436 g/mol. The van der Waals surface area contributed by atoms with Crippen LogP contribution in [0.25, 0.3) is 39.1 Å². The van der Waals surface area contributed by atoms with E-state index in [0.29, 0.717) is 16.7 Å². The average Bonchev–Trinajstić information content (AvgIpc) is 2.84. The smallest absolute Gasteiger partial charge is 0.345 e. The molecule has 7 nitrogen and oxygen atoms in total. The molecular weight excluding hydrogens is 416 g/mol. The first-order valence-electron chi connectivity index (χ1n) is 10.6. The Hall–Kier alpha value is -4.39. The van der Waals surface area contributed by atoms with Crippen LogP contribution in [0.1, 0.15) is 22.8 Å². The van der Waals surface area contributed by atoms with Crippen molar-refractivity contribution >= 4 is 22.6 Å². The number of carbonyl (C=O) groups excluding carboxylic acids is 1. The minimum atomic E-state index is -0.708. The van der Waals surface area contributed by atoms with Gasteiger partial charge in [0.05, 0.1) is 17.7 Å². The fourth-order valence-corrected chi connectivity index (χ4v) is 3.79. The zero-order valence-electron chi connectivity index (χ0n) is 18.1. The third kappa shape index (κ3) is 3.63. The lowest BCUT2D eigenvalue weighted by molar-refractivity contribution is 0.0523. The molecule has 0 aliphatic rings. The molecule has 3 aromatic heterocycles. The van der Waals surface area contributed by atoms with Crippen LogP contribution in [0.5, 0.6) is 0 Å². The lowest BCUT2D eigenvalue weighted by Gasteiger charge is -2.12. The second kappa shape index (κ2) is 8.27. The number of aryl methyl sites for hydroxylation is 1. The number of hydrogen-bond acceptors (Lipinski definition) is 6.